The molecule has 43 heavy (non-hydrogen) atoms. The Bertz CT molecular complexity index is 1470. The molecule has 0 aliphatic carbocycles. The van der Waals surface area contributed by atoms with Crippen LogP contribution in [-0.2, 0) is 57.7 Å². The van der Waals surface area contributed by atoms with Crippen molar-refractivity contribution in [3.05, 3.63) is 35.5 Å². The first kappa shape index (κ1) is 34.1. The van der Waals surface area contributed by atoms with Gasteiger partial charge in [0.1, 0.15) is 12.3 Å². The van der Waals surface area contributed by atoms with Crippen LogP contribution in [0.25, 0.3) is 6.08 Å². The van der Waals surface area contributed by atoms with Crippen LogP contribution in [0, 0.1) is 0 Å². The number of sulfonamides is 1. The second-order valence-corrected chi connectivity index (χ2v) is 10.4. The van der Waals surface area contributed by atoms with Crippen LogP contribution in [0.15, 0.2) is 40.0 Å². The number of rotatable bonds is 12. The van der Waals surface area contributed by atoms with Gasteiger partial charge in [0.2, 0.25) is 0 Å². The number of imide groups is 1. The lowest BCUT2D eigenvalue weighted by atomic mass is 10.1. The van der Waals surface area contributed by atoms with Gasteiger partial charge in [-0.25, -0.2) is 4.79 Å². The van der Waals surface area contributed by atoms with Gasteiger partial charge < -0.3 is 24.3 Å². The number of hydrogen-bond acceptors (Lipinski definition) is 14. The Morgan fingerprint density at radius 1 is 0.860 bits per heavy atom. The molecule has 232 valence electrons. The highest BCUT2D eigenvalue weighted by Crippen LogP contribution is 2.20. The van der Waals surface area contributed by atoms with Crippen molar-refractivity contribution in [3.8, 4) is 0 Å². The van der Waals surface area contributed by atoms with E-state index in [2.05, 4.69) is 10.4 Å². The molecule has 1 aromatic carbocycles. The fraction of sp³-hybridized carbons (Fsp3) is 0.360. The molecule has 1 aliphatic rings. The van der Waals surface area contributed by atoms with Crippen molar-refractivity contribution >= 4 is 64.0 Å². The summed E-state index contributed by atoms with van der Waals surface area (Å²) in [7, 11) is -4.68. The van der Waals surface area contributed by atoms with E-state index >= 15 is 0 Å². The fourth-order valence-corrected chi connectivity index (χ4v) is 4.65. The number of ether oxygens (including phenoxy) is 4. The molecule has 3 unspecified atom stereocenters. The maximum atomic E-state index is 13.3. The van der Waals surface area contributed by atoms with E-state index in [0.29, 0.717) is 11.8 Å². The molecule has 4 amide bonds. The number of nitrogens with zero attached hydrogens (tertiary/aromatic N) is 2. The van der Waals surface area contributed by atoms with Crippen LogP contribution in [0.2, 0.25) is 0 Å². The largest absolute Gasteiger partial charge is 0.462 e. The summed E-state index contributed by atoms with van der Waals surface area (Å²) in [5, 5.41) is 7.96. The Balaban J connectivity index is 2.47. The lowest BCUT2D eigenvalue weighted by Gasteiger charge is -2.30. The van der Waals surface area contributed by atoms with Crippen molar-refractivity contribution in [1.82, 2.24) is 15.0 Å². The van der Waals surface area contributed by atoms with Gasteiger partial charge in [0.25, 0.3) is 21.8 Å². The molecule has 0 saturated carbocycles. The molecule has 0 bridgehead atoms. The molecule has 1 heterocycles. The Morgan fingerprint density at radius 3 is 1.91 bits per heavy atom. The molecule has 17 nitrogen and oxygen atoms in total. The minimum atomic E-state index is -4.68. The Morgan fingerprint density at radius 2 is 1.44 bits per heavy atom. The number of carbonyl (C=O) groups excluding carboxylic acids is 7. The Labute approximate surface area is 245 Å². The van der Waals surface area contributed by atoms with E-state index in [-0.39, 0.29) is 10.1 Å². The molecule has 1 saturated heterocycles. The zero-order valence-corrected chi connectivity index (χ0v) is 24.3. The van der Waals surface area contributed by atoms with Gasteiger partial charge in [0.05, 0.1) is 11.1 Å². The molecule has 0 radical (unpaired) electrons. The minimum absolute atomic E-state index is 0.0688. The maximum absolute atomic E-state index is 13.3. The van der Waals surface area contributed by atoms with Gasteiger partial charge >= 0.3 is 29.9 Å². The van der Waals surface area contributed by atoms with Crippen LogP contribution in [0.1, 0.15) is 40.2 Å². The van der Waals surface area contributed by atoms with Crippen LogP contribution < -0.4 is 10.6 Å². The molecule has 2 N–H and O–H groups in total. The summed E-state index contributed by atoms with van der Waals surface area (Å²) in [6, 6.07) is 4.05. The van der Waals surface area contributed by atoms with Crippen molar-refractivity contribution in [2.75, 3.05) is 6.61 Å². The van der Waals surface area contributed by atoms with Crippen LogP contribution >= 0.6 is 0 Å². The molecule has 0 spiro atoms. The number of benzene rings is 1. The highest BCUT2D eigenvalue weighted by molar-refractivity contribution is 7.89. The first-order chi connectivity index (χ1) is 20.0. The smallest absolute Gasteiger partial charge is 0.326 e. The van der Waals surface area contributed by atoms with E-state index in [0.717, 1.165) is 46.8 Å². The molecular weight excluding hydrogens is 596 g/mol. The number of nitrogens with one attached hydrogen (secondary N) is 2. The highest BCUT2D eigenvalue weighted by atomic mass is 32.2. The van der Waals surface area contributed by atoms with Crippen LogP contribution in [0.5, 0.6) is 0 Å². The van der Waals surface area contributed by atoms with Gasteiger partial charge in [-0.3, -0.25) is 34.1 Å². The molecule has 2 rings (SSSR count). The Kier molecular flexibility index (Phi) is 11.6. The summed E-state index contributed by atoms with van der Waals surface area (Å²) in [6.07, 6.45) is -3.05. The zero-order valence-electron chi connectivity index (χ0n) is 23.5. The van der Waals surface area contributed by atoms with Crippen LogP contribution in [-0.4, -0.2) is 85.7 Å². The summed E-state index contributed by atoms with van der Waals surface area (Å²) >= 11 is 0. The average molecular weight is 625 g/mol. The van der Waals surface area contributed by atoms with Crippen molar-refractivity contribution in [2.45, 2.75) is 57.8 Å². The van der Waals surface area contributed by atoms with Crippen molar-refractivity contribution in [1.29, 1.82) is 0 Å². The molecule has 1 aliphatic heterocycles. The second kappa shape index (κ2) is 14.7. The highest BCUT2D eigenvalue weighted by Gasteiger charge is 2.38. The molecular formula is C25H28N4O13S. The lowest BCUT2D eigenvalue weighted by Crippen LogP contribution is -2.48. The number of esters is 4. The van der Waals surface area contributed by atoms with E-state index in [1.807, 2.05) is 5.32 Å². The number of urea groups is 1. The van der Waals surface area contributed by atoms with Gasteiger partial charge in [-0.15, -0.1) is 4.41 Å². The van der Waals surface area contributed by atoms with Crippen molar-refractivity contribution in [3.63, 3.8) is 0 Å². The predicted octanol–water partition coefficient (Wildman–Crippen LogP) is -0.252. The van der Waals surface area contributed by atoms with E-state index in [1.54, 1.807) is 0 Å². The zero-order chi connectivity index (χ0) is 32.5. The fourth-order valence-electron chi connectivity index (χ4n) is 3.45. The summed E-state index contributed by atoms with van der Waals surface area (Å²) < 4.78 is 46.9. The van der Waals surface area contributed by atoms with Gasteiger partial charge in [-0.1, -0.05) is 12.1 Å². The third-order valence-corrected chi connectivity index (χ3v) is 6.76. The van der Waals surface area contributed by atoms with Gasteiger partial charge in [0.15, 0.2) is 18.3 Å². The first-order valence-corrected chi connectivity index (χ1v) is 13.6. The van der Waals surface area contributed by atoms with Crippen molar-refractivity contribution in [2.24, 2.45) is 5.10 Å². The van der Waals surface area contributed by atoms with Crippen LogP contribution in [0.3, 0.4) is 0 Å². The molecule has 0 aromatic heterocycles. The predicted molar refractivity (Wildman–Crippen MR) is 143 cm³/mol. The van der Waals surface area contributed by atoms with E-state index < -0.39 is 81.6 Å². The molecule has 3 atom stereocenters. The Hall–Kier alpha value is -5.13. The van der Waals surface area contributed by atoms with E-state index in [4.69, 9.17) is 18.9 Å². The number of hydrazone groups is 1. The summed E-state index contributed by atoms with van der Waals surface area (Å²) in [6.45, 7) is 4.23. The van der Waals surface area contributed by atoms with Crippen molar-refractivity contribution < 1.29 is 60.9 Å². The standard InChI is InChI=1S/C25H28N4O13S/c1-13(30)29(43(37,38)19-8-6-18(7-9-19)10-20-24(35)28-25(36)27-20)26-11-21(40-15(3)32)23(42-17(5)34)22(41-16(4)33)12-39-14(2)31/h6-11,21-23H,12H2,1-5H3,(H2,27,28,35,36)/b20-10-,26-11?. The topological polar surface area (TPSA) is 230 Å². The average Bonchev–Trinajstić information content (AvgIpc) is 3.20. The lowest BCUT2D eigenvalue weighted by molar-refractivity contribution is -0.183. The monoisotopic (exact) mass is 624 g/mol. The van der Waals surface area contributed by atoms with E-state index in [1.165, 1.54) is 18.2 Å². The third-order valence-electron chi connectivity index (χ3n) is 5.09. The number of hydrogen-bond donors (Lipinski definition) is 2. The van der Waals surface area contributed by atoms with Crippen LogP contribution in [0.4, 0.5) is 4.79 Å². The van der Waals surface area contributed by atoms with Gasteiger partial charge in [0, 0.05) is 34.6 Å². The number of amides is 4. The maximum Gasteiger partial charge on any atom is 0.326 e. The van der Waals surface area contributed by atoms with E-state index in [9.17, 15) is 42.0 Å². The minimum Gasteiger partial charge on any atom is -0.462 e. The first-order valence-electron chi connectivity index (χ1n) is 12.2. The van der Waals surface area contributed by atoms with Gasteiger partial charge in [-0.05, 0) is 23.8 Å². The molecule has 1 fully saturated rings. The summed E-state index contributed by atoms with van der Waals surface area (Å²) in [5.41, 5.74) is 0.253. The molecule has 1 aromatic rings. The number of carbonyl (C=O) groups is 7. The quantitative estimate of drug-likeness (QED) is 0.0764. The second-order valence-electron chi connectivity index (χ2n) is 8.67. The molecule has 18 heteroatoms. The normalized spacial score (nSPS) is 16.0. The summed E-state index contributed by atoms with van der Waals surface area (Å²) in [4.78, 5) is 81.8. The van der Waals surface area contributed by atoms with Gasteiger partial charge in [-0.2, -0.15) is 13.5 Å². The summed E-state index contributed by atoms with van der Waals surface area (Å²) in [5.74, 6) is -5.38. The SMILES string of the molecule is CC(=O)OCC(OC(C)=O)C(OC(C)=O)C(C=NN(C(C)=O)S(=O)(=O)c1ccc(/C=C2\NC(=O)NC2=O)cc1)OC(C)=O. The third kappa shape index (κ3) is 10.0.